The van der Waals surface area contributed by atoms with Gasteiger partial charge in [-0.15, -0.1) is 0 Å². The van der Waals surface area contributed by atoms with Gasteiger partial charge in [-0.2, -0.15) is 0 Å². The molecule has 0 aliphatic carbocycles. The molecule has 0 unspecified atom stereocenters. The molecule has 6 nitrogen and oxygen atoms in total. The number of H-pyrrole nitrogens is 1. The Labute approximate surface area is 124 Å². The number of likely N-dealkylation sites (tertiary alicyclic amines) is 1. The van der Waals surface area contributed by atoms with Crippen molar-refractivity contribution >= 4 is 5.82 Å². The molecule has 0 amide bonds. The van der Waals surface area contributed by atoms with Gasteiger partial charge >= 0.3 is 0 Å². The predicted molar refractivity (Wildman–Crippen MR) is 79.7 cm³/mol. The van der Waals surface area contributed by atoms with Crippen LogP contribution in [-0.4, -0.2) is 51.0 Å². The standard InChI is InChI=1S/C15H20N6/c1-4-21(15-6-16-2-3-18-15)9-13-8-20(7-12(1)13)10-14-5-17-11-19-14/h2-3,5-6,11-13H,1,4,7-10H2,(H,17,19)/t12-,13-/m0/s1. The molecule has 2 aliphatic heterocycles. The van der Waals surface area contributed by atoms with E-state index in [0.717, 1.165) is 37.3 Å². The van der Waals surface area contributed by atoms with Gasteiger partial charge in [-0.05, 0) is 18.3 Å². The second-order valence-electron chi connectivity index (χ2n) is 6.09. The summed E-state index contributed by atoms with van der Waals surface area (Å²) < 4.78 is 0. The minimum absolute atomic E-state index is 0.740. The highest BCUT2D eigenvalue weighted by Crippen LogP contribution is 2.33. The zero-order chi connectivity index (χ0) is 14.1. The number of piperidine rings is 1. The summed E-state index contributed by atoms with van der Waals surface area (Å²) in [6, 6.07) is 0. The van der Waals surface area contributed by atoms with E-state index in [0.29, 0.717) is 0 Å². The Kier molecular flexibility index (Phi) is 3.31. The van der Waals surface area contributed by atoms with Gasteiger partial charge in [0.2, 0.25) is 0 Å². The first-order chi connectivity index (χ1) is 10.4. The van der Waals surface area contributed by atoms with Crippen LogP contribution in [0.2, 0.25) is 0 Å². The van der Waals surface area contributed by atoms with E-state index in [4.69, 9.17) is 0 Å². The van der Waals surface area contributed by atoms with E-state index in [9.17, 15) is 0 Å². The second-order valence-corrected chi connectivity index (χ2v) is 6.09. The first-order valence-corrected chi connectivity index (χ1v) is 7.59. The van der Waals surface area contributed by atoms with Crippen molar-refractivity contribution in [1.29, 1.82) is 0 Å². The molecule has 4 heterocycles. The lowest BCUT2D eigenvalue weighted by Crippen LogP contribution is -2.40. The molecule has 2 aliphatic rings. The number of anilines is 1. The summed E-state index contributed by atoms with van der Waals surface area (Å²) in [5, 5.41) is 0. The van der Waals surface area contributed by atoms with Crippen molar-refractivity contribution in [3.05, 3.63) is 36.8 Å². The summed E-state index contributed by atoms with van der Waals surface area (Å²) in [6.45, 7) is 5.55. The lowest BCUT2D eigenvalue weighted by atomic mass is 9.89. The van der Waals surface area contributed by atoms with Gasteiger partial charge in [0.05, 0.1) is 12.5 Å². The Morgan fingerprint density at radius 2 is 2.05 bits per heavy atom. The first-order valence-electron chi connectivity index (χ1n) is 7.59. The van der Waals surface area contributed by atoms with Crippen molar-refractivity contribution in [3.63, 3.8) is 0 Å². The Morgan fingerprint density at radius 1 is 1.10 bits per heavy atom. The van der Waals surface area contributed by atoms with Gasteiger partial charge in [0, 0.05) is 57.0 Å². The SMILES string of the molecule is c1cnc(N2CC[C@H]3CN(Cc4cnc[nH]4)C[C@H]3C2)cn1. The van der Waals surface area contributed by atoms with E-state index in [2.05, 4.69) is 29.7 Å². The maximum absolute atomic E-state index is 4.43. The molecule has 2 atom stereocenters. The first kappa shape index (κ1) is 12.8. The number of aromatic nitrogens is 4. The van der Waals surface area contributed by atoms with Gasteiger partial charge < -0.3 is 9.88 Å². The molecular formula is C15H20N6. The van der Waals surface area contributed by atoms with Gasteiger partial charge in [-0.1, -0.05) is 0 Å². The highest BCUT2D eigenvalue weighted by molar-refractivity contribution is 5.36. The summed E-state index contributed by atoms with van der Waals surface area (Å²) in [7, 11) is 0. The Balaban J connectivity index is 1.40. The van der Waals surface area contributed by atoms with Gasteiger partial charge in [0.25, 0.3) is 0 Å². The Bertz CT molecular complexity index is 569. The van der Waals surface area contributed by atoms with E-state index in [1.807, 2.05) is 12.4 Å². The van der Waals surface area contributed by atoms with Crippen LogP contribution < -0.4 is 4.90 Å². The van der Waals surface area contributed by atoms with E-state index in [-0.39, 0.29) is 0 Å². The third-order valence-corrected chi connectivity index (χ3v) is 4.70. The molecule has 6 heteroatoms. The third-order valence-electron chi connectivity index (χ3n) is 4.70. The molecule has 0 saturated carbocycles. The third kappa shape index (κ3) is 2.63. The topological polar surface area (TPSA) is 60.9 Å². The minimum atomic E-state index is 0.740. The number of hydrogen-bond acceptors (Lipinski definition) is 5. The van der Waals surface area contributed by atoms with Crippen LogP contribution in [0.25, 0.3) is 0 Å². The van der Waals surface area contributed by atoms with Crippen molar-refractivity contribution in [1.82, 2.24) is 24.8 Å². The molecule has 110 valence electrons. The molecule has 2 fully saturated rings. The van der Waals surface area contributed by atoms with Crippen LogP contribution in [0.3, 0.4) is 0 Å². The lowest BCUT2D eigenvalue weighted by Gasteiger charge is -2.34. The molecule has 0 aromatic carbocycles. The zero-order valence-electron chi connectivity index (χ0n) is 12.0. The van der Waals surface area contributed by atoms with Gasteiger partial charge in [0.15, 0.2) is 0 Å². The molecular weight excluding hydrogens is 264 g/mol. The average Bonchev–Trinajstić information content (AvgIpc) is 3.16. The summed E-state index contributed by atoms with van der Waals surface area (Å²) in [5.41, 5.74) is 1.21. The number of rotatable bonds is 3. The molecule has 2 aromatic heterocycles. The Hall–Kier alpha value is -1.95. The summed E-state index contributed by atoms with van der Waals surface area (Å²) in [6.07, 6.45) is 10.3. The maximum atomic E-state index is 4.43. The monoisotopic (exact) mass is 284 g/mol. The highest BCUT2D eigenvalue weighted by Gasteiger charge is 2.37. The Morgan fingerprint density at radius 3 is 2.86 bits per heavy atom. The van der Waals surface area contributed by atoms with E-state index in [1.54, 1.807) is 18.7 Å². The van der Waals surface area contributed by atoms with Crippen LogP contribution in [0.15, 0.2) is 31.1 Å². The molecule has 21 heavy (non-hydrogen) atoms. The number of imidazole rings is 1. The van der Waals surface area contributed by atoms with Crippen LogP contribution in [-0.2, 0) is 6.54 Å². The molecule has 1 N–H and O–H groups in total. The lowest BCUT2D eigenvalue weighted by molar-refractivity contribution is 0.311. The molecule has 2 saturated heterocycles. The fraction of sp³-hybridized carbons (Fsp3) is 0.533. The van der Waals surface area contributed by atoms with Gasteiger partial charge in [-0.3, -0.25) is 9.88 Å². The molecule has 0 radical (unpaired) electrons. The number of fused-ring (bicyclic) bond motifs is 1. The maximum Gasteiger partial charge on any atom is 0.147 e. The highest BCUT2D eigenvalue weighted by atomic mass is 15.2. The molecule has 4 rings (SSSR count). The molecule has 0 spiro atoms. The quantitative estimate of drug-likeness (QED) is 0.916. The van der Waals surface area contributed by atoms with Crippen LogP contribution >= 0.6 is 0 Å². The van der Waals surface area contributed by atoms with Gasteiger partial charge in [0.1, 0.15) is 5.82 Å². The average molecular weight is 284 g/mol. The second kappa shape index (κ2) is 5.44. The van der Waals surface area contributed by atoms with Crippen LogP contribution in [0.5, 0.6) is 0 Å². The number of aromatic amines is 1. The van der Waals surface area contributed by atoms with Crippen molar-refractivity contribution < 1.29 is 0 Å². The van der Waals surface area contributed by atoms with Crippen LogP contribution in [0.4, 0.5) is 5.82 Å². The van der Waals surface area contributed by atoms with Crippen LogP contribution in [0.1, 0.15) is 12.1 Å². The van der Waals surface area contributed by atoms with Crippen molar-refractivity contribution in [2.24, 2.45) is 11.8 Å². The van der Waals surface area contributed by atoms with Crippen LogP contribution in [0, 0.1) is 11.8 Å². The molecule has 2 aromatic rings. The smallest absolute Gasteiger partial charge is 0.147 e. The predicted octanol–water partition coefficient (Wildman–Crippen LogP) is 1.16. The fourth-order valence-corrected chi connectivity index (χ4v) is 3.67. The minimum Gasteiger partial charge on any atom is -0.355 e. The number of nitrogens with one attached hydrogen (secondary N) is 1. The number of hydrogen-bond donors (Lipinski definition) is 1. The summed E-state index contributed by atoms with van der Waals surface area (Å²) >= 11 is 0. The number of nitrogens with zero attached hydrogens (tertiary/aromatic N) is 5. The van der Waals surface area contributed by atoms with Gasteiger partial charge in [-0.25, -0.2) is 9.97 Å². The largest absolute Gasteiger partial charge is 0.355 e. The van der Waals surface area contributed by atoms with E-state index >= 15 is 0 Å². The molecule has 0 bridgehead atoms. The summed E-state index contributed by atoms with van der Waals surface area (Å²) in [5.74, 6) is 2.58. The van der Waals surface area contributed by atoms with Crippen molar-refractivity contribution in [3.8, 4) is 0 Å². The fourth-order valence-electron chi connectivity index (χ4n) is 3.67. The van der Waals surface area contributed by atoms with Crippen molar-refractivity contribution in [2.45, 2.75) is 13.0 Å². The normalized spacial score (nSPS) is 26.0. The van der Waals surface area contributed by atoms with Crippen molar-refractivity contribution in [2.75, 3.05) is 31.1 Å². The zero-order valence-corrected chi connectivity index (χ0v) is 12.0. The summed E-state index contributed by atoms with van der Waals surface area (Å²) in [4.78, 5) is 20.8. The van der Waals surface area contributed by atoms with E-state index < -0.39 is 0 Å². The van der Waals surface area contributed by atoms with E-state index in [1.165, 1.54) is 25.2 Å².